The summed E-state index contributed by atoms with van der Waals surface area (Å²) in [5.41, 5.74) is 7.19. The summed E-state index contributed by atoms with van der Waals surface area (Å²) < 4.78 is 13.2. The highest BCUT2D eigenvalue weighted by molar-refractivity contribution is 5.66. The van der Waals surface area contributed by atoms with E-state index in [-0.39, 0.29) is 5.82 Å². The van der Waals surface area contributed by atoms with Gasteiger partial charge in [0, 0.05) is 48.7 Å². The van der Waals surface area contributed by atoms with Crippen molar-refractivity contribution in [2.45, 2.75) is 32.6 Å². The van der Waals surface area contributed by atoms with Crippen molar-refractivity contribution in [2.24, 2.45) is 0 Å². The molecule has 0 unspecified atom stereocenters. The molecule has 0 amide bonds. The summed E-state index contributed by atoms with van der Waals surface area (Å²) in [6.07, 6.45) is 4.52. The van der Waals surface area contributed by atoms with Crippen LogP contribution < -0.4 is 9.80 Å². The van der Waals surface area contributed by atoms with Crippen LogP contribution >= 0.6 is 0 Å². The fourth-order valence-corrected chi connectivity index (χ4v) is 4.49. The SMILES string of the molecule is Cc1ccc(-c2nc(N3CCN(c4ccc(F)cc4)CC3)nc3c2CCCC3)cc1. The van der Waals surface area contributed by atoms with E-state index in [1.165, 1.54) is 47.4 Å². The van der Waals surface area contributed by atoms with Gasteiger partial charge in [-0.3, -0.25) is 0 Å². The zero-order valence-electron chi connectivity index (χ0n) is 17.4. The van der Waals surface area contributed by atoms with Crippen LogP contribution in [0.1, 0.15) is 29.7 Å². The Balaban J connectivity index is 1.41. The molecule has 3 aromatic rings. The van der Waals surface area contributed by atoms with Crippen molar-refractivity contribution in [3.63, 3.8) is 0 Å². The molecule has 1 fully saturated rings. The Morgan fingerprint density at radius 3 is 2.17 bits per heavy atom. The highest BCUT2D eigenvalue weighted by atomic mass is 19.1. The Bertz CT molecular complexity index is 1020. The second kappa shape index (κ2) is 8.05. The second-order valence-corrected chi connectivity index (χ2v) is 8.32. The average Bonchev–Trinajstić information content (AvgIpc) is 2.80. The molecule has 30 heavy (non-hydrogen) atoms. The summed E-state index contributed by atoms with van der Waals surface area (Å²) in [6.45, 7) is 5.61. The lowest BCUT2D eigenvalue weighted by molar-refractivity contribution is 0.619. The van der Waals surface area contributed by atoms with Gasteiger partial charge in [-0.25, -0.2) is 14.4 Å². The molecule has 1 aliphatic heterocycles. The molecule has 154 valence electrons. The lowest BCUT2D eigenvalue weighted by atomic mass is 9.92. The Kier molecular flexibility index (Phi) is 5.11. The Hall–Kier alpha value is -2.95. The number of nitrogens with zero attached hydrogens (tertiary/aromatic N) is 4. The van der Waals surface area contributed by atoms with E-state index in [0.29, 0.717) is 0 Å². The predicted molar refractivity (Wildman–Crippen MR) is 120 cm³/mol. The van der Waals surface area contributed by atoms with E-state index in [4.69, 9.17) is 9.97 Å². The highest BCUT2D eigenvalue weighted by Gasteiger charge is 2.24. The van der Waals surface area contributed by atoms with E-state index < -0.39 is 0 Å². The maximum Gasteiger partial charge on any atom is 0.226 e. The molecule has 1 saturated heterocycles. The first-order chi connectivity index (χ1) is 14.7. The van der Waals surface area contributed by atoms with Crippen molar-refractivity contribution >= 4 is 11.6 Å². The van der Waals surface area contributed by atoms with E-state index in [0.717, 1.165) is 56.4 Å². The van der Waals surface area contributed by atoms with Crippen LogP contribution in [0.5, 0.6) is 0 Å². The summed E-state index contributed by atoms with van der Waals surface area (Å²) in [4.78, 5) is 14.7. The van der Waals surface area contributed by atoms with Crippen molar-refractivity contribution in [2.75, 3.05) is 36.0 Å². The van der Waals surface area contributed by atoms with Crippen molar-refractivity contribution < 1.29 is 4.39 Å². The molecule has 0 radical (unpaired) electrons. The minimum Gasteiger partial charge on any atom is -0.368 e. The van der Waals surface area contributed by atoms with E-state index in [1.807, 2.05) is 12.1 Å². The normalized spacial score (nSPS) is 16.5. The second-order valence-electron chi connectivity index (χ2n) is 8.32. The lowest BCUT2D eigenvalue weighted by Gasteiger charge is -2.36. The third-order valence-electron chi connectivity index (χ3n) is 6.25. The van der Waals surface area contributed by atoms with Crippen LogP contribution in [-0.2, 0) is 12.8 Å². The molecule has 0 atom stereocenters. The van der Waals surface area contributed by atoms with Crippen molar-refractivity contribution in [3.8, 4) is 11.3 Å². The summed E-state index contributed by atoms with van der Waals surface area (Å²) in [5.74, 6) is 0.661. The molecule has 4 nitrogen and oxygen atoms in total. The van der Waals surface area contributed by atoms with E-state index >= 15 is 0 Å². The molecule has 2 aromatic carbocycles. The molecule has 2 aliphatic rings. The summed E-state index contributed by atoms with van der Waals surface area (Å²) in [7, 11) is 0. The molecule has 2 heterocycles. The van der Waals surface area contributed by atoms with Crippen LogP contribution in [0.15, 0.2) is 48.5 Å². The van der Waals surface area contributed by atoms with Gasteiger partial charge in [0.2, 0.25) is 5.95 Å². The monoisotopic (exact) mass is 402 g/mol. The number of anilines is 2. The van der Waals surface area contributed by atoms with Gasteiger partial charge in [0.05, 0.1) is 5.69 Å². The van der Waals surface area contributed by atoms with Gasteiger partial charge in [-0.2, -0.15) is 0 Å². The van der Waals surface area contributed by atoms with Crippen molar-refractivity contribution in [3.05, 3.63) is 71.2 Å². The number of aryl methyl sites for hydroxylation is 2. The number of hydrogen-bond acceptors (Lipinski definition) is 4. The molecular weight excluding hydrogens is 375 g/mol. The standard InChI is InChI=1S/C25H27FN4/c1-18-6-8-19(9-7-18)24-22-4-2-3-5-23(22)27-25(28-24)30-16-14-29(15-17-30)21-12-10-20(26)11-13-21/h6-13H,2-5,14-17H2,1H3. The summed E-state index contributed by atoms with van der Waals surface area (Å²) in [6, 6.07) is 15.5. The first kappa shape index (κ1) is 19.0. The molecule has 0 N–H and O–H groups in total. The smallest absolute Gasteiger partial charge is 0.226 e. The highest BCUT2D eigenvalue weighted by Crippen LogP contribution is 2.31. The molecule has 0 bridgehead atoms. The number of piperazine rings is 1. The lowest BCUT2D eigenvalue weighted by Crippen LogP contribution is -2.47. The van der Waals surface area contributed by atoms with Gasteiger partial charge in [0.15, 0.2) is 0 Å². The predicted octanol–water partition coefficient (Wildman–Crippen LogP) is 4.80. The Labute approximate surface area is 177 Å². The maximum atomic E-state index is 13.2. The van der Waals surface area contributed by atoms with Gasteiger partial charge >= 0.3 is 0 Å². The zero-order chi connectivity index (χ0) is 20.5. The topological polar surface area (TPSA) is 32.3 Å². The first-order valence-corrected chi connectivity index (χ1v) is 10.9. The van der Waals surface area contributed by atoms with Gasteiger partial charge in [0.25, 0.3) is 0 Å². The number of aromatic nitrogens is 2. The number of benzene rings is 2. The van der Waals surface area contributed by atoms with E-state index in [9.17, 15) is 4.39 Å². The van der Waals surface area contributed by atoms with Crippen LogP contribution in [0.3, 0.4) is 0 Å². The first-order valence-electron chi connectivity index (χ1n) is 10.9. The largest absolute Gasteiger partial charge is 0.368 e. The maximum absolute atomic E-state index is 13.2. The average molecular weight is 403 g/mol. The van der Waals surface area contributed by atoms with Crippen LogP contribution in [-0.4, -0.2) is 36.1 Å². The molecule has 5 heteroatoms. The number of hydrogen-bond donors (Lipinski definition) is 0. The summed E-state index contributed by atoms with van der Waals surface area (Å²) in [5, 5.41) is 0. The van der Waals surface area contributed by atoms with Gasteiger partial charge in [-0.15, -0.1) is 0 Å². The quantitative estimate of drug-likeness (QED) is 0.630. The van der Waals surface area contributed by atoms with Gasteiger partial charge in [-0.1, -0.05) is 29.8 Å². The number of halogens is 1. The third kappa shape index (κ3) is 3.76. The molecule has 0 spiro atoms. The van der Waals surface area contributed by atoms with E-state index in [1.54, 1.807) is 0 Å². The minimum atomic E-state index is -0.191. The van der Waals surface area contributed by atoms with Crippen molar-refractivity contribution in [1.82, 2.24) is 9.97 Å². The number of rotatable bonds is 3. The van der Waals surface area contributed by atoms with E-state index in [2.05, 4.69) is 41.0 Å². The number of fused-ring (bicyclic) bond motifs is 1. The fraction of sp³-hybridized carbons (Fsp3) is 0.360. The van der Waals surface area contributed by atoms with Gasteiger partial charge < -0.3 is 9.80 Å². The van der Waals surface area contributed by atoms with Crippen LogP contribution in [0.4, 0.5) is 16.0 Å². The van der Waals surface area contributed by atoms with Crippen LogP contribution in [0.2, 0.25) is 0 Å². The summed E-state index contributed by atoms with van der Waals surface area (Å²) >= 11 is 0. The molecule has 1 aliphatic carbocycles. The molecule has 0 saturated carbocycles. The van der Waals surface area contributed by atoms with Crippen molar-refractivity contribution in [1.29, 1.82) is 0 Å². The molecule has 1 aromatic heterocycles. The van der Waals surface area contributed by atoms with Gasteiger partial charge in [-0.05, 0) is 56.9 Å². The molecular formula is C25H27FN4. The Morgan fingerprint density at radius 2 is 1.43 bits per heavy atom. The molecule has 5 rings (SSSR count). The third-order valence-corrected chi connectivity index (χ3v) is 6.25. The zero-order valence-corrected chi connectivity index (χ0v) is 17.4. The minimum absolute atomic E-state index is 0.191. The van der Waals surface area contributed by atoms with Crippen LogP contribution in [0.25, 0.3) is 11.3 Å². The van der Waals surface area contributed by atoms with Gasteiger partial charge in [0.1, 0.15) is 5.82 Å². The Morgan fingerprint density at radius 1 is 0.767 bits per heavy atom. The van der Waals surface area contributed by atoms with Crippen LogP contribution in [0, 0.1) is 12.7 Å². The fourth-order valence-electron chi connectivity index (χ4n) is 4.49.